The highest BCUT2D eigenvalue weighted by Crippen LogP contribution is 2.40. The van der Waals surface area contributed by atoms with Crippen LogP contribution >= 0.6 is 23.2 Å². The van der Waals surface area contributed by atoms with E-state index in [1.54, 1.807) is 0 Å². The number of fused-ring (bicyclic) bond motifs is 1. The van der Waals surface area contributed by atoms with Crippen molar-refractivity contribution in [3.63, 3.8) is 0 Å². The van der Waals surface area contributed by atoms with Crippen molar-refractivity contribution in [2.75, 3.05) is 29.5 Å². The molecule has 0 amide bonds. The van der Waals surface area contributed by atoms with Gasteiger partial charge in [0.1, 0.15) is 5.75 Å². The Labute approximate surface area is 196 Å². The summed E-state index contributed by atoms with van der Waals surface area (Å²) in [6, 6.07) is 10.7. The lowest BCUT2D eigenvalue weighted by Crippen LogP contribution is -2.47. The molecule has 1 aliphatic carbocycles. The number of anilines is 3. The maximum absolute atomic E-state index is 11.8. The van der Waals surface area contributed by atoms with Crippen LogP contribution in [0.2, 0.25) is 10.0 Å². The fourth-order valence-corrected chi connectivity index (χ4v) is 5.01. The molecule has 2 fully saturated rings. The maximum atomic E-state index is 11.8. The van der Waals surface area contributed by atoms with Crippen LogP contribution in [-0.2, 0) is 0 Å². The predicted octanol–water partition coefficient (Wildman–Crippen LogP) is 6.94. The number of alkyl halides is 3. The van der Waals surface area contributed by atoms with Crippen LogP contribution in [-0.4, -0.2) is 25.4 Å². The minimum Gasteiger partial charge on any atom is -0.483 e. The standard InChI is InChI=1S/C15H21ClN2.C8H7ClF3NO/c16-13-10-12(17)7-8-15(13)18-9-3-5-11-4-1-2-6-14(11)18;9-6-3-5(13)1-2-7(6)14-4-8(10,11)12/h7-8,10-11,14H,1-6,9,17H2;1-3H,4,13H2. The number of nitrogens with two attached hydrogens (primary N) is 2. The molecule has 176 valence electrons. The second kappa shape index (κ2) is 10.8. The van der Waals surface area contributed by atoms with Gasteiger partial charge in [-0.15, -0.1) is 0 Å². The van der Waals surface area contributed by atoms with E-state index in [1.807, 2.05) is 12.1 Å². The monoisotopic (exact) mass is 489 g/mol. The van der Waals surface area contributed by atoms with E-state index in [-0.39, 0.29) is 10.8 Å². The molecule has 4 N–H and O–H groups in total. The number of rotatable bonds is 3. The number of halogens is 5. The quantitative estimate of drug-likeness (QED) is 0.458. The van der Waals surface area contributed by atoms with Crippen molar-refractivity contribution in [3.05, 3.63) is 46.4 Å². The Bertz CT molecular complexity index is 909. The first-order valence-electron chi connectivity index (χ1n) is 10.7. The van der Waals surface area contributed by atoms with E-state index in [0.29, 0.717) is 11.7 Å². The molecule has 4 rings (SSSR count). The highest BCUT2D eigenvalue weighted by molar-refractivity contribution is 6.33. The van der Waals surface area contributed by atoms with Crippen molar-refractivity contribution in [1.29, 1.82) is 0 Å². The van der Waals surface area contributed by atoms with Crippen LogP contribution in [0.1, 0.15) is 38.5 Å². The molecular formula is C23H28Cl2F3N3O. The van der Waals surface area contributed by atoms with Crippen molar-refractivity contribution < 1.29 is 17.9 Å². The van der Waals surface area contributed by atoms with Crippen LogP contribution in [0, 0.1) is 5.92 Å². The molecular weight excluding hydrogens is 462 g/mol. The Balaban J connectivity index is 0.000000188. The van der Waals surface area contributed by atoms with Gasteiger partial charge in [0.05, 0.1) is 15.7 Å². The second-order valence-corrected chi connectivity index (χ2v) is 9.07. The summed E-state index contributed by atoms with van der Waals surface area (Å²) in [6.45, 7) is -0.221. The van der Waals surface area contributed by atoms with Gasteiger partial charge in [-0.25, -0.2) is 0 Å². The fourth-order valence-electron chi connectivity index (χ4n) is 4.47. The molecule has 0 bridgehead atoms. The average molecular weight is 490 g/mol. The lowest BCUT2D eigenvalue weighted by molar-refractivity contribution is -0.153. The molecule has 9 heteroatoms. The first kappa shape index (κ1) is 24.6. The van der Waals surface area contributed by atoms with E-state index in [4.69, 9.17) is 34.7 Å². The summed E-state index contributed by atoms with van der Waals surface area (Å²) in [5.74, 6) is 0.847. The molecule has 0 aromatic heterocycles. The lowest BCUT2D eigenvalue weighted by Gasteiger charge is -2.45. The van der Waals surface area contributed by atoms with Gasteiger partial charge in [0, 0.05) is 24.0 Å². The predicted molar refractivity (Wildman–Crippen MR) is 126 cm³/mol. The van der Waals surface area contributed by atoms with Gasteiger partial charge < -0.3 is 21.1 Å². The SMILES string of the molecule is Nc1ccc(N2CCCC3CCCCC32)c(Cl)c1.Nc1ccc(OCC(F)(F)F)c(Cl)c1. The van der Waals surface area contributed by atoms with E-state index in [9.17, 15) is 13.2 Å². The number of benzene rings is 2. The second-order valence-electron chi connectivity index (χ2n) is 8.25. The number of piperidine rings is 1. The number of nitrogens with zero attached hydrogens (tertiary/aromatic N) is 1. The summed E-state index contributed by atoms with van der Waals surface area (Å²) in [7, 11) is 0. The highest BCUT2D eigenvalue weighted by atomic mass is 35.5. The van der Waals surface area contributed by atoms with Gasteiger partial charge in [-0.3, -0.25) is 0 Å². The molecule has 0 spiro atoms. The Hall–Kier alpha value is -1.99. The summed E-state index contributed by atoms with van der Waals surface area (Å²) in [4.78, 5) is 2.54. The molecule has 0 radical (unpaired) electrons. The van der Waals surface area contributed by atoms with Crippen molar-refractivity contribution >= 4 is 40.3 Å². The topological polar surface area (TPSA) is 64.5 Å². The average Bonchev–Trinajstić information content (AvgIpc) is 2.73. The number of ether oxygens (including phenoxy) is 1. The summed E-state index contributed by atoms with van der Waals surface area (Å²) in [5, 5.41) is 0.871. The van der Waals surface area contributed by atoms with Crippen LogP contribution < -0.4 is 21.1 Å². The molecule has 2 aromatic carbocycles. The third-order valence-electron chi connectivity index (χ3n) is 5.87. The van der Waals surface area contributed by atoms with Crippen LogP contribution in [0.25, 0.3) is 0 Å². The first-order chi connectivity index (χ1) is 15.1. The van der Waals surface area contributed by atoms with Gasteiger partial charge in [-0.05, 0) is 68.0 Å². The van der Waals surface area contributed by atoms with Crippen molar-refractivity contribution in [2.24, 2.45) is 5.92 Å². The number of hydrogen-bond donors (Lipinski definition) is 2. The van der Waals surface area contributed by atoms with Crippen molar-refractivity contribution in [3.8, 4) is 5.75 Å². The van der Waals surface area contributed by atoms with E-state index in [2.05, 4.69) is 15.7 Å². The summed E-state index contributed by atoms with van der Waals surface area (Å²) in [6.07, 6.45) is 3.81. The molecule has 2 unspecified atom stereocenters. The minimum absolute atomic E-state index is 0.0295. The van der Waals surface area contributed by atoms with Gasteiger partial charge in [0.2, 0.25) is 0 Å². The van der Waals surface area contributed by atoms with Crippen LogP contribution in [0.5, 0.6) is 5.75 Å². The Morgan fingerprint density at radius 2 is 1.53 bits per heavy atom. The van der Waals surface area contributed by atoms with E-state index in [0.717, 1.165) is 23.2 Å². The summed E-state index contributed by atoms with van der Waals surface area (Å²) < 4.78 is 39.7. The molecule has 2 aliphatic rings. The normalized spacial score (nSPS) is 20.7. The Morgan fingerprint density at radius 3 is 2.19 bits per heavy atom. The Kier molecular flexibility index (Phi) is 8.28. The lowest BCUT2D eigenvalue weighted by atomic mass is 9.78. The van der Waals surface area contributed by atoms with E-state index >= 15 is 0 Å². The molecule has 1 aliphatic heterocycles. The van der Waals surface area contributed by atoms with Gasteiger partial charge in [-0.2, -0.15) is 13.2 Å². The molecule has 1 saturated carbocycles. The molecule has 32 heavy (non-hydrogen) atoms. The minimum atomic E-state index is -4.37. The van der Waals surface area contributed by atoms with E-state index < -0.39 is 12.8 Å². The van der Waals surface area contributed by atoms with Gasteiger partial charge in [-0.1, -0.05) is 36.0 Å². The number of nitrogen functional groups attached to an aromatic ring is 2. The molecule has 1 saturated heterocycles. The molecule has 4 nitrogen and oxygen atoms in total. The van der Waals surface area contributed by atoms with Gasteiger partial charge in [0.25, 0.3) is 0 Å². The molecule has 1 heterocycles. The maximum Gasteiger partial charge on any atom is 0.422 e. The largest absolute Gasteiger partial charge is 0.483 e. The van der Waals surface area contributed by atoms with Gasteiger partial charge >= 0.3 is 6.18 Å². The van der Waals surface area contributed by atoms with Crippen LogP contribution in [0.3, 0.4) is 0 Å². The van der Waals surface area contributed by atoms with Crippen molar-refractivity contribution in [2.45, 2.75) is 50.7 Å². The molecule has 2 atom stereocenters. The third kappa shape index (κ3) is 6.75. The van der Waals surface area contributed by atoms with Crippen LogP contribution in [0.4, 0.5) is 30.2 Å². The zero-order valence-electron chi connectivity index (χ0n) is 17.7. The highest BCUT2D eigenvalue weighted by Gasteiger charge is 2.34. The fraction of sp³-hybridized carbons (Fsp3) is 0.478. The smallest absolute Gasteiger partial charge is 0.422 e. The third-order valence-corrected chi connectivity index (χ3v) is 6.47. The zero-order chi connectivity index (χ0) is 23.3. The Morgan fingerprint density at radius 1 is 0.906 bits per heavy atom. The van der Waals surface area contributed by atoms with Crippen LogP contribution in [0.15, 0.2) is 36.4 Å². The van der Waals surface area contributed by atoms with E-state index in [1.165, 1.54) is 62.4 Å². The zero-order valence-corrected chi connectivity index (χ0v) is 19.2. The summed E-state index contributed by atoms with van der Waals surface area (Å²) in [5.41, 5.74) is 13.4. The first-order valence-corrected chi connectivity index (χ1v) is 11.5. The van der Waals surface area contributed by atoms with Crippen molar-refractivity contribution in [1.82, 2.24) is 0 Å². The summed E-state index contributed by atoms with van der Waals surface area (Å²) >= 11 is 12.0. The molecule has 2 aromatic rings. The number of hydrogen-bond acceptors (Lipinski definition) is 4. The van der Waals surface area contributed by atoms with Gasteiger partial charge in [0.15, 0.2) is 6.61 Å².